The van der Waals surface area contributed by atoms with Crippen molar-refractivity contribution in [3.8, 4) is 0 Å². The third-order valence-electron chi connectivity index (χ3n) is 5.88. The highest BCUT2D eigenvalue weighted by atomic mass is 19.1. The van der Waals surface area contributed by atoms with Gasteiger partial charge in [0.2, 0.25) is 0 Å². The average Bonchev–Trinajstić information content (AvgIpc) is 3.18. The van der Waals surface area contributed by atoms with Gasteiger partial charge in [-0.05, 0) is 43.9 Å². The number of H-pyrrole nitrogens is 1. The maximum atomic E-state index is 13.5. The molecule has 1 aliphatic carbocycles. The van der Waals surface area contributed by atoms with Gasteiger partial charge in [-0.15, -0.1) is 0 Å². The Morgan fingerprint density at radius 2 is 1.87 bits per heavy atom. The van der Waals surface area contributed by atoms with Crippen molar-refractivity contribution in [2.24, 2.45) is 0 Å². The van der Waals surface area contributed by atoms with Crippen molar-refractivity contribution in [2.45, 2.75) is 37.6 Å². The van der Waals surface area contributed by atoms with Crippen LogP contribution in [0.15, 0.2) is 53.6 Å². The number of pyridine rings is 1. The fraction of sp³-hybridized carbons (Fsp3) is 0.273. The van der Waals surface area contributed by atoms with Crippen molar-refractivity contribution in [2.75, 3.05) is 0 Å². The van der Waals surface area contributed by atoms with Crippen LogP contribution in [0.5, 0.6) is 0 Å². The summed E-state index contributed by atoms with van der Waals surface area (Å²) in [7, 11) is 0. The summed E-state index contributed by atoms with van der Waals surface area (Å²) in [6.45, 7) is 0. The van der Waals surface area contributed by atoms with Gasteiger partial charge in [0, 0.05) is 23.5 Å². The number of fused-ring (bicyclic) bond motifs is 2. The number of nitrogens with zero attached hydrogens (tertiary/aromatic N) is 3. The van der Waals surface area contributed by atoms with Crippen LogP contribution in [-0.4, -0.2) is 31.5 Å². The Labute approximate surface area is 171 Å². The van der Waals surface area contributed by atoms with E-state index in [9.17, 15) is 14.0 Å². The van der Waals surface area contributed by atoms with E-state index in [4.69, 9.17) is 0 Å². The second-order valence-electron chi connectivity index (χ2n) is 7.72. The number of nitrogens with one attached hydrogen (secondary N) is 2. The van der Waals surface area contributed by atoms with E-state index in [0.717, 1.165) is 36.8 Å². The third-order valence-corrected chi connectivity index (χ3v) is 5.88. The fourth-order valence-corrected chi connectivity index (χ4v) is 4.34. The zero-order chi connectivity index (χ0) is 20.7. The number of hydrogen-bond acceptors (Lipinski definition) is 4. The summed E-state index contributed by atoms with van der Waals surface area (Å²) in [6.07, 6.45) is 6.05. The van der Waals surface area contributed by atoms with Crippen LogP contribution in [0.3, 0.4) is 0 Å². The Balaban J connectivity index is 1.30. The molecule has 8 heteroatoms. The van der Waals surface area contributed by atoms with Gasteiger partial charge in [0.1, 0.15) is 17.2 Å². The van der Waals surface area contributed by atoms with Crippen LogP contribution in [0.25, 0.3) is 16.4 Å². The van der Waals surface area contributed by atoms with Gasteiger partial charge in [-0.2, -0.15) is 5.10 Å². The van der Waals surface area contributed by atoms with Crippen molar-refractivity contribution in [1.29, 1.82) is 0 Å². The van der Waals surface area contributed by atoms with E-state index in [1.807, 2.05) is 24.3 Å². The first-order valence-corrected chi connectivity index (χ1v) is 10.0. The first-order chi connectivity index (χ1) is 14.6. The molecule has 1 fully saturated rings. The largest absolute Gasteiger partial charge is 0.348 e. The van der Waals surface area contributed by atoms with E-state index in [0.29, 0.717) is 16.7 Å². The van der Waals surface area contributed by atoms with Gasteiger partial charge in [-0.25, -0.2) is 14.5 Å². The van der Waals surface area contributed by atoms with E-state index >= 15 is 0 Å². The van der Waals surface area contributed by atoms with Gasteiger partial charge in [0.05, 0.1) is 17.3 Å². The van der Waals surface area contributed by atoms with E-state index in [1.165, 1.54) is 22.9 Å². The number of carbonyl (C=O) groups is 1. The number of carbonyl (C=O) groups excluding carboxylic acids is 1. The summed E-state index contributed by atoms with van der Waals surface area (Å²) in [6, 6.07) is 10.4. The lowest BCUT2D eigenvalue weighted by Gasteiger charge is -2.29. The molecule has 5 rings (SSSR count). The molecule has 0 aliphatic heterocycles. The molecule has 0 spiro atoms. The SMILES string of the molecule is O=C(N[C@H]1CC[C@H](c2n[nH]c(=O)c3ccccc32)CC1)c1cnc2ccc(F)cn12. The van der Waals surface area contributed by atoms with Gasteiger partial charge < -0.3 is 5.32 Å². The molecule has 3 heterocycles. The van der Waals surface area contributed by atoms with Crippen molar-refractivity contribution in [1.82, 2.24) is 24.9 Å². The Hall–Kier alpha value is -3.55. The Morgan fingerprint density at radius 1 is 1.10 bits per heavy atom. The average molecular weight is 405 g/mol. The van der Waals surface area contributed by atoms with Crippen molar-refractivity contribution in [3.05, 3.63) is 76.4 Å². The highest BCUT2D eigenvalue weighted by Gasteiger charge is 2.27. The maximum Gasteiger partial charge on any atom is 0.272 e. The molecule has 4 aromatic rings. The van der Waals surface area contributed by atoms with Crippen LogP contribution in [0, 0.1) is 5.82 Å². The molecule has 1 aliphatic rings. The molecule has 0 bridgehead atoms. The summed E-state index contributed by atoms with van der Waals surface area (Å²) in [4.78, 5) is 28.9. The fourth-order valence-electron chi connectivity index (χ4n) is 4.34. The Kier molecular flexibility index (Phi) is 4.54. The molecule has 30 heavy (non-hydrogen) atoms. The van der Waals surface area contributed by atoms with Crippen LogP contribution in [-0.2, 0) is 0 Å². The molecule has 2 N–H and O–H groups in total. The lowest BCUT2D eigenvalue weighted by Crippen LogP contribution is -2.38. The molecule has 0 unspecified atom stereocenters. The number of hydrogen-bond donors (Lipinski definition) is 2. The summed E-state index contributed by atoms with van der Waals surface area (Å²) < 4.78 is 15.0. The minimum atomic E-state index is -0.421. The number of benzene rings is 1. The third kappa shape index (κ3) is 3.24. The quantitative estimate of drug-likeness (QED) is 0.548. The second kappa shape index (κ2) is 7.37. The molecule has 1 saturated carbocycles. The first kappa shape index (κ1) is 18.5. The molecule has 0 radical (unpaired) electrons. The zero-order valence-electron chi connectivity index (χ0n) is 16.1. The predicted molar refractivity (Wildman–Crippen MR) is 110 cm³/mol. The molecular formula is C22H20FN5O2. The minimum absolute atomic E-state index is 0.0295. The Bertz CT molecular complexity index is 1300. The lowest BCUT2D eigenvalue weighted by molar-refractivity contribution is 0.0919. The Morgan fingerprint density at radius 3 is 2.67 bits per heavy atom. The monoisotopic (exact) mass is 405 g/mol. The molecule has 1 amide bonds. The first-order valence-electron chi connectivity index (χ1n) is 10.0. The van der Waals surface area contributed by atoms with E-state index in [-0.39, 0.29) is 23.4 Å². The molecule has 3 aromatic heterocycles. The predicted octanol–water partition coefficient (Wildman–Crippen LogP) is 3.17. The normalized spacial score (nSPS) is 19.2. The molecule has 0 atom stereocenters. The van der Waals surface area contributed by atoms with Crippen LogP contribution in [0.2, 0.25) is 0 Å². The van der Waals surface area contributed by atoms with E-state index in [1.54, 1.807) is 6.07 Å². The number of amides is 1. The van der Waals surface area contributed by atoms with E-state index in [2.05, 4.69) is 20.5 Å². The highest BCUT2D eigenvalue weighted by Crippen LogP contribution is 2.34. The van der Waals surface area contributed by atoms with Crippen molar-refractivity contribution >= 4 is 22.3 Å². The van der Waals surface area contributed by atoms with Gasteiger partial charge in [-0.3, -0.25) is 14.0 Å². The lowest BCUT2D eigenvalue weighted by atomic mass is 9.82. The molecule has 1 aromatic carbocycles. The van der Waals surface area contributed by atoms with Crippen molar-refractivity contribution < 1.29 is 9.18 Å². The number of imidazole rings is 1. The van der Waals surface area contributed by atoms with Gasteiger partial charge >= 0.3 is 0 Å². The molecule has 7 nitrogen and oxygen atoms in total. The number of aromatic amines is 1. The summed E-state index contributed by atoms with van der Waals surface area (Å²) >= 11 is 0. The standard InChI is InChI=1S/C22H20FN5O2/c23-14-7-10-19-24-11-18(28(19)12-14)22(30)25-15-8-5-13(6-9-15)20-16-3-1-2-4-17(16)21(29)27-26-20/h1-4,7,10-13,15H,5-6,8-9H2,(H,25,30)(H,27,29)/t13-,15-. The molecule has 152 valence electrons. The van der Waals surface area contributed by atoms with Crippen LogP contribution < -0.4 is 10.9 Å². The zero-order valence-corrected chi connectivity index (χ0v) is 16.1. The topological polar surface area (TPSA) is 92.1 Å². The highest BCUT2D eigenvalue weighted by molar-refractivity contribution is 5.93. The van der Waals surface area contributed by atoms with Gasteiger partial charge in [0.25, 0.3) is 11.5 Å². The van der Waals surface area contributed by atoms with E-state index < -0.39 is 5.82 Å². The summed E-state index contributed by atoms with van der Waals surface area (Å²) in [5.41, 5.74) is 1.58. The number of aromatic nitrogens is 4. The van der Waals surface area contributed by atoms with Gasteiger partial charge in [0.15, 0.2) is 0 Å². The maximum absolute atomic E-state index is 13.5. The second-order valence-corrected chi connectivity index (χ2v) is 7.72. The van der Waals surface area contributed by atoms with Crippen LogP contribution in [0.4, 0.5) is 4.39 Å². The summed E-state index contributed by atoms with van der Waals surface area (Å²) in [5, 5.41) is 11.5. The summed E-state index contributed by atoms with van der Waals surface area (Å²) in [5.74, 6) is -0.454. The van der Waals surface area contributed by atoms with Crippen LogP contribution in [0.1, 0.15) is 47.8 Å². The number of halogens is 1. The smallest absolute Gasteiger partial charge is 0.272 e. The molecule has 0 saturated heterocycles. The van der Waals surface area contributed by atoms with Crippen molar-refractivity contribution in [3.63, 3.8) is 0 Å². The van der Waals surface area contributed by atoms with Gasteiger partial charge in [-0.1, -0.05) is 18.2 Å². The number of rotatable bonds is 3. The van der Waals surface area contributed by atoms with Crippen LogP contribution >= 0.6 is 0 Å². The molecular weight excluding hydrogens is 385 g/mol. The minimum Gasteiger partial charge on any atom is -0.348 e.